The highest BCUT2D eigenvalue weighted by atomic mass is 19.1. The molecule has 0 fully saturated rings. The largest absolute Gasteiger partial charge is 0.494 e. The predicted molar refractivity (Wildman–Crippen MR) is 69.0 cm³/mol. The molecule has 2 N–H and O–H groups in total. The fraction of sp³-hybridized carbons (Fsp3) is 0.231. The van der Waals surface area contributed by atoms with Crippen molar-refractivity contribution in [2.75, 3.05) is 19.0 Å². The number of rotatable bonds is 2. The lowest BCUT2D eigenvalue weighted by Crippen LogP contribution is -2.13. The lowest BCUT2D eigenvalue weighted by Gasteiger charge is -2.06. The van der Waals surface area contributed by atoms with Crippen molar-refractivity contribution in [1.82, 2.24) is 9.97 Å². The van der Waals surface area contributed by atoms with E-state index in [1.54, 1.807) is 6.07 Å². The smallest absolute Gasteiger partial charge is 0.256 e. The molecule has 2 heterocycles. The predicted octanol–water partition coefficient (Wildman–Crippen LogP) is 1.55. The van der Waals surface area contributed by atoms with Crippen molar-refractivity contribution < 1.29 is 9.13 Å². The Morgan fingerprint density at radius 1 is 1.42 bits per heavy atom. The second-order valence-electron chi connectivity index (χ2n) is 4.27. The molecule has 0 spiro atoms. The molecular formula is C13H12FN3O2. The highest BCUT2D eigenvalue weighted by molar-refractivity contribution is 5.60. The highest BCUT2D eigenvalue weighted by Gasteiger charge is 2.17. The van der Waals surface area contributed by atoms with Crippen molar-refractivity contribution in [3.8, 4) is 17.1 Å². The Morgan fingerprint density at radius 3 is 3.00 bits per heavy atom. The van der Waals surface area contributed by atoms with E-state index in [0.717, 1.165) is 0 Å². The number of nitrogens with zero attached hydrogens (tertiary/aromatic N) is 1. The minimum atomic E-state index is -0.490. The molecule has 1 aromatic carbocycles. The lowest BCUT2D eigenvalue weighted by atomic mass is 10.2. The van der Waals surface area contributed by atoms with Gasteiger partial charge in [-0.25, -0.2) is 9.37 Å². The molecule has 0 amide bonds. The Hall–Kier alpha value is -2.37. The molecule has 2 aromatic rings. The number of fused-ring (bicyclic) bond motifs is 1. The standard InChI is InChI=1S/C13H12FN3O2/c1-19-10-3-2-7(6-9(10)14)11-16-12-8(4-5-15-12)13(18)17-11/h2-3,6H,4-5H2,1H3,(H2,15,16,17,18). The van der Waals surface area contributed by atoms with Crippen molar-refractivity contribution in [2.24, 2.45) is 0 Å². The summed E-state index contributed by atoms with van der Waals surface area (Å²) in [6.45, 7) is 0.700. The van der Waals surface area contributed by atoms with E-state index >= 15 is 0 Å². The van der Waals surface area contributed by atoms with Gasteiger partial charge in [0.1, 0.15) is 11.6 Å². The van der Waals surface area contributed by atoms with Crippen LogP contribution in [0.2, 0.25) is 0 Å². The maximum absolute atomic E-state index is 13.7. The van der Waals surface area contributed by atoms with Crippen LogP contribution in [0.5, 0.6) is 5.75 Å². The average molecular weight is 261 g/mol. The maximum Gasteiger partial charge on any atom is 0.256 e. The van der Waals surface area contributed by atoms with Gasteiger partial charge in [-0.2, -0.15) is 0 Å². The average Bonchev–Trinajstić information content (AvgIpc) is 2.87. The van der Waals surface area contributed by atoms with Crippen molar-refractivity contribution in [2.45, 2.75) is 6.42 Å². The van der Waals surface area contributed by atoms with Crippen LogP contribution in [0, 0.1) is 5.82 Å². The SMILES string of the molecule is COc1ccc(-c2nc3c(c(=O)[nH]2)CCN3)cc1F. The summed E-state index contributed by atoms with van der Waals surface area (Å²) >= 11 is 0. The summed E-state index contributed by atoms with van der Waals surface area (Å²) in [5.41, 5.74) is 0.978. The summed E-state index contributed by atoms with van der Waals surface area (Å²) < 4.78 is 18.5. The van der Waals surface area contributed by atoms with Crippen LogP contribution in [0.15, 0.2) is 23.0 Å². The van der Waals surface area contributed by atoms with Crippen LogP contribution in [-0.4, -0.2) is 23.6 Å². The van der Waals surface area contributed by atoms with Gasteiger partial charge in [-0.3, -0.25) is 4.79 Å². The number of halogens is 1. The molecule has 0 radical (unpaired) electrons. The van der Waals surface area contributed by atoms with Gasteiger partial charge >= 0.3 is 0 Å². The Balaban J connectivity index is 2.10. The van der Waals surface area contributed by atoms with E-state index in [9.17, 15) is 9.18 Å². The van der Waals surface area contributed by atoms with Crippen LogP contribution >= 0.6 is 0 Å². The first-order valence-electron chi connectivity index (χ1n) is 5.90. The van der Waals surface area contributed by atoms with Gasteiger partial charge in [0.15, 0.2) is 11.6 Å². The quantitative estimate of drug-likeness (QED) is 0.860. The summed E-state index contributed by atoms with van der Waals surface area (Å²) in [4.78, 5) is 18.8. The molecule has 1 aliphatic rings. The van der Waals surface area contributed by atoms with E-state index in [0.29, 0.717) is 35.7 Å². The van der Waals surface area contributed by atoms with Gasteiger partial charge in [0, 0.05) is 12.1 Å². The fourth-order valence-electron chi connectivity index (χ4n) is 2.13. The third-order valence-electron chi connectivity index (χ3n) is 3.11. The number of hydrogen-bond acceptors (Lipinski definition) is 4. The zero-order chi connectivity index (χ0) is 13.4. The number of aromatic nitrogens is 2. The van der Waals surface area contributed by atoms with Crippen LogP contribution in [0.4, 0.5) is 10.2 Å². The minimum absolute atomic E-state index is 0.158. The van der Waals surface area contributed by atoms with Crippen LogP contribution < -0.4 is 15.6 Å². The van der Waals surface area contributed by atoms with Gasteiger partial charge in [0.25, 0.3) is 5.56 Å². The lowest BCUT2D eigenvalue weighted by molar-refractivity contribution is 0.386. The van der Waals surface area contributed by atoms with Gasteiger partial charge < -0.3 is 15.0 Å². The number of aromatic amines is 1. The number of hydrogen-bond donors (Lipinski definition) is 2. The molecule has 0 unspecified atom stereocenters. The van der Waals surface area contributed by atoms with Crippen molar-refractivity contribution in [3.05, 3.63) is 39.9 Å². The summed E-state index contributed by atoms with van der Waals surface area (Å²) in [7, 11) is 1.40. The zero-order valence-corrected chi connectivity index (χ0v) is 10.3. The van der Waals surface area contributed by atoms with E-state index in [1.165, 1.54) is 19.2 Å². The first kappa shape index (κ1) is 11.7. The van der Waals surface area contributed by atoms with Gasteiger partial charge in [-0.1, -0.05) is 0 Å². The van der Waals surface area contributed by atoms with E-state index in [-0.39, 0.29) is 11.3 Å². The first-order chi connectivity index (χ1) is 9.19. The molecule has 0 aliphatic carbocycles. The van der Waals surface area contributed by atoms with Gasteiger partial charge in [-0.05, 0) is 24.6 Å². The summed E-state index contributed by atoms with van der Waals surface area (Å²) in [6.07, 6.45) is 0.662. The summed E-state index contributed by atoms with van der Waals surface area (Å²) in [5, 5.41) is 3.04. The molecule has 5 nitrogen and oxygen atoms in total. The van der Waals surface area contributed by atoms with Gasteiger partial charge in [0.2, 0.25) is 0 Å². The Morgan fingerprint density at radius 2 is 2.26 bits per heavy atom. The number of nitrogens with one attached hydrogen (secondary N) is 2. The highest BCUT2D eigenvalue weighted by Crippen LogP contribution is 2.24. The van der Waals surface area contributed by atoms with Gasteiger partial charge in [0.05, 0.1) is 12.7 Å². The molecule has 0 atom stereocenters. The molecule has 1 aliphatic heterocycles. The summed E-state index contributed by atoms with van der Waals surface area (Å²) in [6, 6.07) is 4.45. The number of anilines is 1. The van der Waals surface area contributed by atoms with E-state index in [2.05, 4.69) is 15.3 Å². The molecule has 3 rings (SSSR count). The van der Waals surface area contributed by atoms with Gasteiger partial charge in [-0.15, -0.1) is 0 Å². The van der Waals surface area contributed by atoms with Crippen molar-refractivity contribution in [1.29, 1.82) is 0 Å². The van der Waals surface area contributed by atoms with E-state index < -0.39 is 5.82 Å². The molecule has 19 heavy (non-hydrogen) atoms. The monoisotopic (exact) mass is 261 g/mol. The molecule has 0 saturated carbocycles. The molecule has 1 aromatic heterocycles. The molecule has 98 valence electrons. The molecule has 6 heteroatoms. The fourth-order valence-corrected chi connectivity index (χ4v) is 2.13. The molecule has 0 saturated heterocycles. The third kappa shape index (κ3) is 1.95. The zero-order valence-electron chi connectivity index (χ0n) is 10.3. The normalized spacial score (nSPS) is 12.9. The number of ether oxygens (including phenoxy) is 1. The maximum atomic E-state index is 13.7. The van der Waals surface area contributed by atoms with Crippen LogP contribution in [0.1, 0.15) is 5.56 Å². The minimum Gasteiger partial charge on any atom is -0.494 e. The van der Waals surface area contributed by atoms with E-state index in [4.69, 9.17) is 4.74 Å². The third-order valence-corrected chi connectivity index (χ3v) is 3.11. The second-order valence-corrected chi connectivity index (χ2v) is 4.27. The first-order valence-corrected chi connectivity index (χ1v) is 5.90. The summed E-state index contributed by atoms with van der Waals surface area (Å²) in [5.74, 6) is 0.594. The second kappa shape index (κ2) is 4.38. The molecule has 0 bridgehead atoms. The number of H-pyrrole nitrogens is 1. The van der Waals surface area contributed by atoms with Crippen molar-refractivity contribution >= 4 is 5.82 Å². The topological polar surface area (TPSA) is 67.0 Å². The van der Waals surface area contributed by atoms with Crippen molar-refractivity contribution in [3.63, 3.8) is 0 Å². The van der Waals surface area contributed by atoms with Crippen LogP contribution in [-0.2, 0) is 6.42 Å². The Labute approximate surface area is 108 Å². The Kier molecular flexibility index (Phi) is 2.70. The number of benzene rings is 1. The number of methoxy groups -OCH3 is 1. The van der Waals surface area contributed by atoms with Crippen LogP contribution in [0.3, 0.4) is 0 Å². The van der Waals surface area contributed by atoms with Crippen LogP contribution in [0.25, 0.3) is 11.4 Å². The molecular weight excluding hydrogens is 249 g/mol. The Bertz CT molecular complexity index is 697. The van der Waals surface area contributed by atoms with E-state index in [1.807, 2.05) is 0 Å².